The highest BCUT2D eigenvalue weighted by atomic mass is 16.5. The van der Waals surface area contributed by atoms with E-state index in [1.165, 1.54) is 25.1 Å². The van der Waals surface area contributed by atoms with Gasteiger partial charge in [0.2, 0.25) is 5.91 Å². The molecule has 3 fully saturated rings. The Bertz CT molecular complexity index is 628. The van der Waals surface area contributed by atoms with Gasteiger partial charge in [-0.1, -0.05) is 6.42 Å². The van der Waals surface area contributed by atoms with E-state index in [1.807, 2.05) is 6.20 Å². The zero-order chi connectivity index (χ0) is 19.3. The van der Waals surface area contributed by atoms with Crippen LogP contribution in [0.15, 0.2) is 12.4 Å². The predicted octanol–water partition coefficient (Wildman–Crippen LogP) is 2.89. The fourth-order valence-electron chi connectivity index (χ4n) is 4.87. The molecule has 1 aliphatic carbocycles. The maximum Gasteiger partial charge on any atom is 0.222 e. The molecular formula is C22H36N4O2. The molecule has 1 aromatic rings. The molecule has 2 saturated heterocycles. The first-order valence-corrected chi connectivity index (χ1v) is 11.3. The van der Waals surface area contributed by atoms with Crippen molar-refractivity contribution in [3.8, 4) is 0 Å². The van der Waals surface area contributed by atoms with Gasteiger partial charge < -0.3 is 14.2 Å². The SMILES string of the molecule is C[C@@H](CCC(=O)N1CCC(c2nccn2CC2CCC2)CC1)N1CCOCC1. The summed E-state index contributed by atoms with van der Waals surface area (Å²) in [7, 11) is 0. The molecule has 3 aliphatic rings. The average Bonchev–Trinajstić information content (AvgIpc) is 3.18. The molecule has 2 aliphatic heterocycles. The second kappa shape index (κ2) is 9.40. The van der Waals surface area contributed by atoms with E-state index in [2.05, 4.69) is 32.5 Å². The summed E-state index contributed by atoms with van der Waals surface area (Å²) in [6.07, 6.45) is 11.9. The van der Waals surface area contributed by atoms with Crippen LogP contribution in [-0.2, 0) is 16.1 Å². The zero-order valence-corrected chi connectivity index (χ0v) is 17.4. The molecule has 0 radical (unpaired) electrons. The monoisotopic (exact) mass is 388 g/mol. The molecule has 0 aromatic carbocycles. The number of morpholine rings is 1. The molecule has 28 heavy (non-hydrogen) atoms. The Labute approximate surface area is 169 Å². The third kappa shape index (κ3) is 4.77. The quantitative estimate of drug-likeness (QED) is 0.721. The van der Waals surface area contributed by atoms with Crippen LogP contribution in [0, 0.1) is 5.92 Å². The van der Waals surface area contributed by atoms with Crippen LogP contribution in [-0.4, -0.2) is 70.7 Å². The van der Waals surface area contributed by atoms with Crippen LogP contribution in [0.3, 0.4) is 0 Å². The Morgan fingerprint density at radius 2 is 1.93 bits per heavy atom. The average molecular weight is 389 g/mol. The third-order valence-electron chi connectivity index (χ3n) is 7.09. The Balaban J connectivity index is 1.21. The lowest BCUT2D eigenvalue weighted by Crippen LogP contribution is -2.43. The Morgan fingerprint density at radius 3 is 2.61 bits per heavy atom. The Morgan fingerprint density at radius 1 is 1.18 bits per heavy atom. The molecule has 156 valence electrons. The second-order valence-electron chi connectivity index (χ2n) is 8.93. The molecule has 0 bridgehead atoms. The summed E-state index contributed by atoms with van der Waals surface area (Å²) in [5.74, 6) is 2.94. The maximum atomic E-state index is 12.7. The van der Waals surface area contributed by atoms with Gasteiger partial charge in [0.1, 0.15) is 5.82 Å². The molecule has 0 spiro atoms. The van der Waals surface area contributed by atoms with Crippen molar-refractivity contribution in [3.63, 3.8) is 0 Å². The molecule has 1 amide bonds. The largest absolute Gasteiger partial charge is 0.379 e. The number of carbonyl (C=O) groups excluding carboxylic acids is 1. The number of hydrogen-bond donors (Lipinski definition) is 0. The van der Waals surface area contributed by atoms with E-state index < -0.39 is 0 Å². The summed E-state index contributed by atoms with van der Waals surface area (Å²) in [6.45, 7) is 8.77. The first-order chi connectivity index (χ1) is 13.7. The highest BCUT2D eigenvalue weighted by molar-refractivity contribution is 5.76. The zero-order valence-electron chi connectivity index (χ0n) is 17.4. The van der Waals surface area contributed by atoms with Crippen molar-refractivity contribution >= 4 is 5.91 Å². The van der Waals surface area contributed by atoms with Crippen LogP contribution >= 0.6 is 0 Å². The van der Waals surface area contributed by atoms with E-state index in [4.69, 9.17) is 4.74 Å². The minimum absolute atomic E-state index is 0.330. The normalized spacial score (nSPS) is 23.5. The maximum absolute atomic E-state index is 12.7. The van der Waals surface area contributed by atoms with Crippen molar-refractivity contribution in [3.05, 3.63) is 18.2 Å². The van der Waals surface area contributed by atoms with Crippen LogP contribution in [0.5, 0.6) is 0 Å². The molecule has 1 atom stereocenters. The number of likely N-dealkylation sites (tertiary alicyclic amines) is 1. The molecular weight excluding hydrogens is 352 g/mol. The summed E-state index contributed by atoms with van der Waals surface area (Å²) in [6, 6.07) is 0.462. The number of amides is 1. The number of imidazole rings is 1. The van der Waals surface area contributed by atoms with Crippen LogP contribution < -0.4 is 0 Å². The minimum atomic E-state index is 0.330. The van der Waals surface area contributed by atoms with Gasteiger partial charge in [-0.25, -0.2) is 4.98 Å². The Hall–Kier alpha value is -1.40. The molecule has 1 aromatic heterocycles. The first-order valence-electron chi connectivity index (χ1n) is 11.3. The van der Waals surface area contributed by atoms with Crippen LogP contribution in [0.25, 0.3) is 0 Å². The third-order valence-corrected chi connectivity index (χ3v) is 7.09. The summed E-state index contributed by atoms with van der Waals surface area (Å²) in [4.78, 5) is 21.9. The minimum Gasteiger partial charge on any atom is -0.379 e. The van der Waals surface area contributed by atoms with E-state index in [0.29, 0.717) is 24.3 Å². The number of piperidine rings is 1. The smallest absolute Gasteiger partial charge is 0.222 e. The highest BCUT2D eigenvalue weighted by Gasteiger charge is 2.28. The fourth-order valence-corrected chi connectivity index (χ4v) is 4.87. The van der Waals surface area contributed by atoms with Gasteiger partial charge in [0.25, 0.3) is 0 Å². The van der Waals surface area contributed by atoms with E-state index in [9.17, 15) is 4.79 Å². The van der Waals surface area contributed by atoms with E-state index in [0.717, 1.165) is 71.1 Å². The predicted molar refractivity (Wildman–Crippen MR) is 109 cm³/mol. The van der Waals surface area contributed by atoms with Gasteiger partial charge in [-0.15, -0.1) is 0 Å². The van der Waals surface area contributed by atoms with Crippen LogP contribution in [0.1, 0.15) is 63.6 Å². The van der Waals surface area contributed by atoms with Gasteiger partial charge >= 0.3 is 0 Å². The van der Waals surface area contributed by atoms with Gasteiger partial charge in [-0.3, -0.25) is 9.69 Å². The highest BCUT2D eigenvalue weighted by Crippen LogP contribution is 2.31. The van der Waals surface area contributed by atoms with E-state index >= 15 is 0 Å². The van der Waals surface area contributed by atoms with E-state index in [-0.39, 0.29) is 0 Å². The lowest BCUT2D eigenvalue weighted by molar-refractivity contribution is -0.132. The van der Waals surface area contributed by atoms with Gasteiger partial charge in [0.05, 0.1) is 13.2 Å². The topological polar surface area (TPSA) is 50.6 Å². The molecule has 0 unspecified atom stereocenters. The number of ether oxygens (including phenoxy) is 1. The van der Waals surface area contributed by atoms with Crippen molar-refractivity contribution in [1.82, 2.24) is 19.4 Å². The molecule has 6 heteroatoms. The van der Waals surface area contributed by atoms with Crippen molar-refractivity contribution in [2.75, 3.05) is 39.4 Å². The lowest BCUT2D eigenvalue weighted by Gasteiger charge is -2.34. The Kier molecular flexibility index (Phi) is 6.68. The standard InChI is InChI=1S/C22H36N4O2/c1-18(24-13-15-28-16-14-24)5-6-21(27)25-10-7-20(8-11-25)22-23-9-12-26(22)17-19-3-2-4-19/h9,12,18-20H,2-8,10-11,13-17H2,1H3/t18-/m0/s1. The summed E-state index contributed by atoms with van der Waals surface area (Å²) in [5.41, 5.74) is 0. The second-order valence-corrected chi connectivity index (χ2v) is 8.93. The van der Waals surface area contributed by atoms with Crippen LogP contribution in [0.2, 0.25) is 0 Å². The summed E-state index contributed by atoms with van der Waals surface area (Å²) < 4.78 is 7.81. The van der Waals surface area contributed by atoms with Gasteiger partial charge in [-0.05, 0) is 44.9 Å². The first kappa shape index (κ1) is 19.9. The summed E-state index contributed by atoms with van der Waals surface area (Å²) in [5, 5.41) is 0. The molecule has 1 saturated carbocycles. The number of rotatable bonds is 7. The van der Waals surface area contributed by atoms with Gasteiger partial charge in [-0.2, -0.15) is 0 Å². The summed E-state index contributed by atoms with van der Waals surface area (Å²) >= 11 is 0. The van der Waals surface area contributed by atoms with Crippen molar-refractivity contribution in [1.29, 1.82) is 0 Å². The number of nitrogens with zero attached hydrogens (tertiary/aromatic N) is 4. The van der Waals surface area contributed by atoms with E-state index in [1.54, 1.807) is 0 Å². The molecule has 3 heterocycles. The molecule has 6 nitrogen and oxygen atoms in total. The lowest BCUT2D eigenvalue weighted by atomic mass is 9.85. The number of aromatic nitrogens is 2. The van der Waals surface area contributed by atoms with Crippen molar-refractivity contribution in [2.24, 2.45) is 5.92 Å². The molecule has 4 rings (SSSR count). The number of carbonyl (C=O) groups is 1. The van der Waals surface area contributed by atoms with Crippen molar-refractivity contribution in [2.45, 2.75) is 70.4 Å². The molecule has 0 N–H and O–H groups in total. The van der Waals surface area contributed by atoms with Gasteiger partial charge in [0.15, 0.2) is 0 Å². The number of hydrogen-bond acceptors (Lipinski definition) is 4. The van der Waals surface area contributed by atoms with Gasteiger partial charge in [0, 0.05) is 63.5 Å². The fraction of sp³-hybridized carbons (Fsp3) is 0.818. The van der Waals surface area contributed by atoms with Crippen molar-refractivity contribution < 1.29 is 9.53 Å². The van der Waals surface area contributed by atoms with Crippen LogP contribution in [0.4, 0.5) is 0 Å².